The van der Waals surface area contributed by atoms with Crippen LogP contribution in [0.15, 0.2) is 52.9 Å². The van der Waals surface area contributed by atoms with Crippen LogP contribution in [0.1, 0.15) is 28.2 Å². The van der Waals surface area contributed by atoms with Crippen LogP contribution in [0.4, 0.5) is 0 Å². The third-order valence-corrected chi connectivity index (χ3v) is 4.68. The lowest BCUT2D eigenvalue weighted by atomic mass is 10.1. The van der Waals surface area contributed by atoms with Crippen molar-refractivity contribution in [1.29, 1.82) is 0 Å². The van der Waals surface area contributed by atoms with Gasteiger partial charge in [0.2, 0.25) is 0 Å². The van der Waals surface area contributed by atoms with Crippen molar-refractivity contribution < 1.29 is 13.9 Å². The SMILES string of the molecule is O=C(c1ccc2oc(CCCc3ccccc3)nc2c1)N1CCOCC1. The number of rotatable bonds is 5. The normalized spacial score (nSPS) is 14.7. The van der Waals surface area contributed by atoms with Crippen molar-refractivity contribution in [2.75, 3.05) is 26.3 Å². The van der Waals surface area contributed by atoms with Gasteiger partial charge in [-0.05, 0) is 36.6 Å². The summed E-state index contributed by atoms with van der Waals surface area (Å²) < 4.78 is 11.1. The summed E-state index contributed by atoms with van der Waals surface area (Å²) >= 11 is 0. The van der Waals surface area contributed by atoms with Gasteiger partial charge in [-0.3, -0.25) is 4.79 Å². The van der Waals surface area contributed by atoms with Crippen LogP contribution in [0.2, 0.25) is 0 Å². The molecule has 5 nitrogen and oxygen atoms in total. The molecular weight excluding hydrogens is 328 g/mol. The highest BCUT2D eigenvalue weighted by Gasteiger charge is 2.19. The van der Waals surface area contributed by atoms with Crippen molar-refractivity contribution in [2.45, 2.75) is 19.3 Å². The van der Waals surface area contributed by atoms with Crippen LogP contribution in [0.3, 0.4) is 0 Å². The average molecular weight is 350 g/mol. The van der Waals surface area contributed by atoms with Gasteiger partial charge in [-0.2, -0.15) is 0 Å². The third-order valence-electron chi connectivity index (χ3n) is 4.68. The first-order valence-electron chi connectivity index (χ1n) is 9.10. The van der Waals surface area contributed by atoms with E-state index in [2.05, 4.69) is 29.2 Å². The van der Waals surface area contributed by atoms with E-state index in [1.54, 1.807) is 0 Å². The first-order valence-corrected chi connectivity index (χ1v) is 9.10. The maximum atomic E-state index is 12.6. The van der Waals surface area contributed by atoms with Crippen LogP contribution in [0, 0.1) is 0 Å². The molecule has 1 fully saturated rings. The first kappa shape index (κ1) is 16.8. The zero-order valence-corrected chi connectivity index (χ0v) is 14.7. The molecule has 0 aliphatic carbocycles. The predicted molar refractivity (Wildman–Crippen MR) is 99.2 cm³/mol. The number of carbonyl (C=O) groups excluding carboxylic acids is 1. The number of carbonyl (C=O) groups is 1. The van der Waals surface area contributed by atoms with E-state index in [0.717, 1.165) is 36.3 Å². The van der Waals surface area contributed by atoms with Gasteiger partial charge >= 0.3 is 0 Å². The van der Waals surface area contributed by atoms with E-state index < -0.39 is 0 Å². The van der Waals surface area contributed by atoms with E-state index >= 15 is 0 Å². The number of fused-ring (bicyclic) bond motifs is 1. The Hall–Kier alpha value is -2.66. The van der Waals surface area contributed by atoms with Gasteiger partial charge in [0, 0.05) is 25.1 Å². The summed E-state index contributed by atoms with van der Waals surface area (Å²) in [6.07, 6.45) is 2.77. The summed E-state index contributed by atoms with van der Waals surface area (Å²) in [5, 5.41) is 0. The van der Waals surface area contributed by atoms with E-state index in [-0.39, 0.29) is 5.91 Å². The molecule has 1 aromatic heterocycles. The Balaban J connectivity index is 1.43. The molecule has 3 aromatic rings. The minimum atomic E-state index is 0.0313. The molecule has 26 heavy (non-hydrogen) atoms. The number of morpholine rings is 1. The molecule has 4 rings (SSSR count). The lowest BCUT2D eigenvalue weighted by Crippen LogP contribution is -2.40. The molecule has 0 spiro atoms. The summed E-state index contributed by atoms with van der Waals surface area (Å²) in [5.74, 6) is 0.760. The number of hydrogen-bond acceptors (Lipinski definition) is 4. The van der Waals surface area contributed by atoms with Crippen LogP contribution >= 0.6 is 0 Å². The molecule has 0 atom stereocenters. The molecule has 0 radical (unpaired) electrons. The topological polar surface area (TPSA) is 55.6 Å². The van der Waals surface area contributed by atoms with Crippen LogP contribution in [-0.2, 0) is 17.6 Å². The monoisotopic (exact) mass is 350 g/mol. The molecule has 0 unspecified atom stereocenters. The van der Waals surface area contributed by atoms with E-state index in [1.165, 1.54) is 5.56 Å². The maximum absolute atomic E-state index is 12.6. The summed E-state index contributed by atoms with van der Waals surface area (Å²) in [4.78, 5) is 19.0. The zero-order valence-electron chi connectivity index (χ0n) is 14.7. The van der Waals surface area contributed by atoms with Gasteiger partial charge in [0.25, 0.3) is 5.91 Å². The highest BCUT2D eigenvalue weighted by molar-refractivity contribution is 5.97. The van der Waals surface area contributed by atoms with Gasteiger partial charge in [0.05, 0.1) is 13.2 Å². The predicted octanol–water partition coefficient (Wildman–Crippen LogP) is 3.48. The van der Waals surface area contributed by atoms with Crippen molar-refractivity contribution in [3.05, 3.63) is 65.5 Å². The van der Waals surface area contributed by atoms with Crippen molar-refractivity contribution >= 4 is 17.0 Å². The summed E-state index contributed by atoms with van der Waals surface area (Å²) in [5.41, 5.74) is 3.46. The Labute approximate surface area is 152 Å². The Kier molecular flexibility index (Phi) is 4.97. The van der Waals surface area contributed by atoms with Gasteiger partial charge < -0.3 is 14.1 Å². The maximum Gasteiger partial charge on any atom is 0.254 e. The van der Waals surface area contributed by atoms with Crippen molar-refractivity contribution in [1.82, 2.24) is 9.88 Å². The van der Waals surface area contributed by atoms with Crippen LogP contribution < -0.4 is 0 Å². The van der Waals surface area contributed by atoms with E-state index in [1.807, 2.05) is 29.2 Å². The minimum absolute atomic E-state index is 0.0313. The quantitative estimate of drug-likeness (QED) is 0.707. The highest BCUT2D eigenvalue weighted by atomic mass is 16.5. The second-order valence-corrected chi connectivity index (χ2v) is 6.53. The lowest BCUT2D eigenvalue weighted by molar-refractivity contribution is 0.0303. The number of hydrogen-bond donors (Lipinski definition) is 0. The standard InChI is InChI=1S/C21H22N2O3/c24-21(23-11-13-25-14-12-23)17-9-10-19-18(15-17)22-20(26-19)8-4-7-16-5-2-1-3-6-16/h1-3,5-6,9-10,15H,4,7-8,11-14H2. The summed E-state index contributed by atoms with van der Waals surface area (Å²) in [6, 6.07) is 15.9. The molecule has 0 saturated carbocycles. The Morgan fingerprint density at radius 3 is 2.65 bits per heavy atom. The van der Waals surface area contributed by atoms with E-state index in [0.29, 0.717) is 31.9 Å². The van der Waals surface area contributed by atoms with Crippen molar-refractivity contribution in [2.24, 2.45) is 0 Å². The molecule has 0 N–H and O–H groups in total. The van der Waals surface area contributed by atoms with E-state index in [4.69, 9.17) is 9.15 Å². The minimum Gasteiger partial charge on any atom is -0.441 e. The second-order valence-electron chi connectivity index (χ2n) is 6.53. The number of benzene rings is 2. The molecule has 2 heterocycles. The molecule has 1 amide bonds. The molecule has 5 heteroatoms. The zero-order chi connectivity index (χ0) is 17.8. The molecular formula is C21H22N2O3. The fourth-order valence-electron chi connectivity index (χ4n) is 3.25. The number of oxazole rings is 1. The third kappa shape index (κ3) is 3.78. The van der Waals surface area contributed by atoms with Crippen LogP contribution in [-0.4, -0.2) is 42.1 Å². The summed E-state index contributed by atoms with van der Waals surface area (Å²) in [7, 11) is 0. The smallest absolute Gasteiger partial charge is 0.254 e. The summed E-state index contributed by atoms with van der Waals surface area (Å²) in [6.45, 7) is 2.48. The molecule has 134 valence electrons. The second kappa shape index (κ2) is 7.70. The van der Waals surface area contributed by atoms with Gasteiger partial charge in [-0.15, -0.1) is 0 Å². The van der Waals surface area contributed by atoms with Gasteiger partial charge in [0.15, 0.2) is 11.5 Å². The number of aryl methyl sites for hydroxylation is 2. The Bertz CT molecular complexity index is 883. The number of nitrogens with zero attached hydrogens (tertiary/aromatic N) is 2. The Morgan fingerprint density at radius 1 is 1.04 bits per heavy atom. The first-order chi connectivity index (χ1) is 12.8. The molecule has 0 bridgehead atoms. The van der Waals surface area contributed by atoms with Crippen LogP contribution in [0.25, 0.3) is 11.1 Å². The molecule has 1 aliphatic rings. The fraction of sp³-hybridized carbons (Fsp3) is 0.333. The largest absolute Gasteiger partial charge is 0.441 e. The van der Waals surface area contributed by atoms with Gasteiger partial charge in [0.1, 0.15) is 5.52 Å². The van der Waals surface area contributed by atoms with Crippen LogP contribution in [0.5, 0.6) is 0 Å². The number of aromatic nitrogens is 1. The van der Waals surface area contributed by atoms with Crippen molar-refractivity contribution in [3.8, 4) is 0 Å². The molecule has 1 saturated heterocycles. The molecule has 2 aromatic carbocycles. The average Bonchev–Trinajstić information content (AvgIpc) is 3.11. The Morgan fingerprint density at radius 2 is 1.85 bits per heavy atom. The number of amides is 1. The highest BCUT2D eigenvalue weighted by Crippen LogP contribution is 2.20. The fourth-order valence-corrected chi connectivity index (χ4v) is 3.25. The molecule has 1 aliphatic heterocycles. The van der Waals surface area contributed by atoms with Gasteiger partial charge in [-0.1, -0.05) is 30.3 Å². The lowest BCUT2D eigenvalue weighted by Gasteiger charge is -2.26. The van der Waals surface area contributed by atoms with Gasteiger partial charge in [-0.25, -0.2) is 4.98 Å². The van der Waals surface area contributed by atoms with E-state index in [9.17, 15) is 4.79 Å². The van der Waals surface area contributed by atoms with Crippen molar-refractivity contribution in [3.63, 3.8) is 0 Å². The number of ether oxygens (including phenoxy) is 1.